The molecule has 0 aliphatic carbocycles. The van der Waals surface area contributed by atoms with E-state index >= 15 is 0 Å². The van der Waals surface area contributed by atoms with E-state index in [1.807, 2.05) is 6.92 Å². The van der Waals surface area contributed by atoms with E-state index in [1.54, 1.807) is 36.5 Å². The van der Waals surface area contributed by atoms with E-state index in [-0.39, 0.29) is 17.8 Å². The van der Waals surface area contributed by atoms with Crippen LogP contribution in [0.4, 0.5) is 17.6 Å². The topological polar surface area (TPSA) is 30.0 Å². The van der Waals surface area contributed by atoms with Crippen LogP contribution in [-0.4, -0.2) is 16.9 Å². The number of aryl methyl sites for hydroxylation is 2. The average molecular weight is 545 g/mol. The molecule has 0 saturated heterocycles. The molecule has 2 nitrogen and oxygen atoms in total. The van der Waals surface area contributed by atoms with E-state index in [2.05, 4.69) is 4.98 Å². The molecule has 0 spiro atoms. The molecule has 0 bridgehead atoms. The van der Waals surface area contributed by atoms with Gasteiger partial charge in [-0.3, -0.25) is 4.79 Å². The Bertz CT molecular complexity index is 1220. The van der Waals surface area contributed by atoms with E-state index < -0.39 is 28.0 Å². The molecule has 0 amide bonds. The fraction of sp³-hybridized carbons (Fsp3) is 0.231. The average Bonchev–Trinajstić information content (AvgIpc) is 2.81. The van der Waals surface area contributed by atoms with Gasteiger partial charge in [-0.05, 0) is 53.3 Å². The van der Waals surface area contributed by atoms with E-state index in [4.69, 9.17) is 34.8 Å². The predicted molar refractivity (Wildman–Crippen MR) is 132 cm³/mol. The third-order valence-corrected chi connectivity index (χ3v) is 6.21. The molecule has 0 N–H and O–H groups in total. The molecule has 0 saturated carbocycles. The Morgan fingerprint density at radius 1 is 1.06 bits per heavy atom. The monoisotopic (exact) mass is 543 g/mol. The van der Waals surface area contributed by atoms with Crippen LogP contribution in [0, 0.1) is 5.82 Å². The molecule has 3 rings (SSSR count). The van der Waals surface area contributed by atoms with Gasteiger partial charge in [-0.15, -0.1) is 0 Å². The van der Waals surface area contributed by atoms with Crippen molar-refractivity contribution in [2.24, 2.45) is 0 Å². The Kier molecular flexibility index (Phi) is 8.97. The quantitative estimate of drug-likeness (QED) is 0.123. The minimum Gasteiger partial charge on any atom is -0.294 e. The molecule has 3 aromatic rings. The number of hydrogen-bond donors (Lipinski definition) is 0. The van der Waals surface area contributed by atoms with Gasteiger partial charge in [0.2, 0.25) is 0 Å². The Hall–Kier alpha value is -2.41. The van der Waals surface area contributed by atoms with Crippen LogP contribution in [0.15, 0.2) is 54.7 Å². The first-order chi connectivity index (χ1) is 16.5. The van der Waals surface area contributed by atoms with E-state index in [9.17, 15) is 22.4 Å². The smallest absolute Gasteiger partial charge is 0.294 e. The highest BCUT2D eigenvalue weighted by atomic mass is 35.5. The summed E-state index contributed by atoms with van der Waals surface area (Å²) in [6.07, 6.45) is 0.512. The predicted octanol–water partition coefficient (Wildman–Crippen LogP) is 8.92. The zero-order chi connectivity index (χ0) is 25.8. The number of aromatic nitrogens is 1. The Labute approximate surface area is 215 Å². The van der Waals surface area contributed by atoms with Gasteiger partial charge in [0.15, 0.2) is 11.6 Å². The SMILES string of the molecule is CCc1cc(/C=C/C(c2cc(Cl)c(F)c(Cl)c2)C(F)(F)F)ccc1C(=O)CCc1ccc(Cl)nc1. The van der Waals surface area contributed by atoms with Gasteiger partial charge in [0.25, 0.3) is 0 Å². The summed E-state index contributed by atoms with van der Waals surface area (Å²) in [4.78, 5) is 16.8. The summed E-state index contributed by atoms with van der Waals surface area (Å²) < 4.78 is 54.9. The van der Waals surface area contributed by atoms with Gasteiger partial charge < -0.3 is 0 Å². The van der Waals surface area contributed by atoms with Crippen molar-refractivity contribution < 1.29 is 22.4 Å². The molecular formula is C26H20Cl3F4NO. The molecule has 1 heterocycles. The Morgan fingerprint density at radius 3 is 2.31 bits per heavy atom. The summed E-state index contributed by atoms with van der Waals surface area (Å²) in [5.41, 5.74) is 2.34. The summed E-state index contributed by atoms with van der Waals surface area (Å²) in [6, 6.07) is 10.2. The number of Topliss-reactive ketones (excluding diaryl/α,β-unsaturated/α-hetero) is 1. The van der Waals surface area contributed by atoms with Crippen LogP contribution in [0.3, 0.4) is 0 Å². The van der Waals surface area contributed by atoms with Crippen molar-refractivity contribution in [3.63, 3.8) is 0 Å². The standard InChI is InChI=1S/C26H20Cl3F4NO/c1-2-17-11-15(3-7-19(17)23(35)9-5-16-6-10-24(29)34-14-16)4-8-20(26(31,32)33)18-12-21(27)25(30)22(28)13-18/h3-4,6-8,10-14,20H,2,5,9H2,1H3/b8-4+. The lowest BCUT2D eigenvalue weighted by atomic mass is 9.94. The number of halogens is 7. The number of allylic oxidation sites excluding steroid dienone is 1. The molecule has 2 aromatic carbocycles. The highest BCUT2D eigenvalue weighted by Crippen LogP contribution is 2.39. The van der Waals surface area contributed by atoms with Crippen LogP contribution in [0.5, 0.6) is 0 Å². The van der Waals surface area contributed by atoms with Crippen molar-refractivity contribution in [1.82, 2.24) is 4.98 Å². The number of carbonyl (C=O) groups is 1. The molecule has 184 valence electrons. The Balaban J connectivity index is 1.82. The molecule has 0 aliphatic rings. The van der Waals surface area contributed by atoms with Gasteiger partial charge in [0, 0.05) is 18.2 Å². The molecule has 1 atom stereocenters. The summed E-state index contributed by atoms with van der Waals surface area (Å²) in [5.74, 6) is -3.09. The maximum atomic E-state index is 13.7. The van der Waals surface area contributed by atoms with E-state index in [0.717, 1.165) is 29.3 Å². The number of nitrogens with zero attached hydrogens (tertiary/aromatic N) is 1. The molecule has 0 aliphatic heterocycles. The Morgan fingerprint density at radius 2 is 1.74 bits per heavy atom. The highest BCUT2D eigenvalue weighted by Gasteiger charge is 2.39. The third kappa shape index (κ3) is 7.06. The van der Waals surface area contributed by atoms with Crippen molar-refractivity contribution in [3.05, 3.63) is 104 Å². The molecule has 9 heteroatoms. The fourth-order valence-electron chi connectivity index (χ4n) is 3.60. The van der Waals surface area contributed by atoms with Crippen molar-refractivity contribution in [3.8, 4) is 0 Å². The van der Waals surface area contributed by atoms with Gasteiger partial charge in [-0.2, -0.15) is 13.2 Å². The number of alkyl halides is 3. The van der Waals surface area contributed by atoms with Crippen molar-refractivity contribution in [1.29, 1.82) is 0 Å². The number of carbonyl (C=O) groups excluding carboxylic acids is 1. The number of hydrogen-bond acceptors (Lipinski definition) is 2. The van der Waals surface area contributed by atoms with Crippen molar-refractivity contribution in [2.75, 3.05) is 0 Å². The zero-order valence-corrected chi connectivity index (χ0v) is 20.7. The molecule has 0 fully saturated rings. The van der Waals surface area contributed by atoms with Crippen LogP contribution >= 0.6 is 34.8 Å². The molecule has 1 aromatic heterocycles. The number of pyridine rings is 1. The first-order valence-electron chi connectivity index (χ1n) is 10.7. The van der Waals surface area contributed by atoms with Crippen LogP contribution < -0.4 is 0 Å². The van der Waals surface area contributed by atoms with Gasteiger partial charge in [-0.1, -0.05) is 78.1 Å². The van der Waals surface area contributed by atoms with Crippen molar-refractivity contribution >= 4 is 46.7 Å². The summed E-state index contributed by atoms with van der Waals surface area (Å²) in [7, 11) is 0. The maximum absolute atomic E-state index is 13.7. The number of rotatable bonds is 8. The second-order valence-electron chi connectivity index (χ2n) is 7.86. The number of ketones is 1. The first kappa shape index (κ1) is 27.2. The molecule has 1 unspecified atom stereocenters. The lowest BCUT2D eigenvalue weighted by Gasteiger charge is -2.18. The second-order valence-corrected chi connectivity index (χ2v) is 9.06. The lowest BCUT2D eigenvalue weighted by molar-refractivity contribution is -0.139. The normalized spacial score (nSPS) is 12.8. The summed E-state index contributed by atoms with van der Waals surface area (Å²) in [6.45, 7) is 1.86. The van der Waals surface area contributed by atoms with Gasteiger partial charge >= 0.3 is 6.18 Å². The van der Waals surface area contributed by atoms with Gasteiger partial charge in [0.1, 0.15) is 5.15 Å². The minimum atomic E-state index is -4.65. The second kappa shape index (κ2) is 11.5. The molecule has 35 heavy (non-hydrogen) atoms. The van der Waals surface area contributed by atoms with Crippen LogP contribution in [-0.2, 0) is 12.8 Å². The van der Waals surface area contributed by atoms with Gasteiger partial charge in [-0.25, -0.2) is 9.37 Å². The largest absolute Gasteiger partial charge is 0.399 e. The summed E-state index contributed by atoms with van der Waals surface area (Å²) in [5, 5.41) is -0.600. The molecular weight excluding hydrogens is 525 g/mol. The van der Waals surface area contributed by atoms with Crippen LogP contribution in [0.1, 0.15) is 51.9 Å². The fourth-order valence-corrected chi connectivity index (χ4v) is 4.22. The maximum Gasteiger partial charge on any atom is 0.399 e. The number of benzene rings is 2. The van der Waals surface area contributed by atoms with Crippen molar-refractivity contribution in [2.45, 2.75) is 38.3 Å². The van der Waals surface area contributed by atoms with E-state index in [0.29, 0.717) is 29.1 Å². The summed E-state index contributed by atoms with van der Waals surface area (Å²) >= 11 is 17.2. The van der Waals surface area contributed by atoms with Gasteiger partial charge in [0.05, 0.1) is 16.0 Å². The first-order valence-corrected chi connectivity index (χ1v) is 11.8. The lowest BCUT2D eigenvalue weighted by Crippen LogP contribution is -2.19. The van der Waals surface area contributed by atoms with E-state index in [1.165, 1.54) is 6.08 Å². The zero-order valence-electron chi connectivity index (χ0n) is 18.5. The third-order valence-electron chi connectivity index (χ3n) is 5.44. The minimum absolute atomic E-state index is 0.0731. The highest BCUT2D eigenvalue weighted by molar-refractivity contribution is 6.35. The molecule has 0 radical (unpaired) electrons. The van der Waals surface area contributed by atoms with Crippen LogP contribution in [0.2, 0.25) is 15.2 Å². The van der Waals surface area contributed by atoms with Crippen LogP contribution in [0.25, 0.3) is 6.08 Å².